The highest BCUT2D eigenvalue weighted by atomic mass is 28.3. The van der Waals surface area contributed by atoms with E-state index < -0.39 is 8.07 Å². The fourth-order valence-corrected chi connectivity index (χ4v) is 0.411. The van der Waals surface area contributed by atoms with Crippen LogP contribution >= 0.6 is 0 Å². The van der Waals surface area contributed by atoms with E-state index in [9.17, 15) is 5.21 Å². The third kappa shape index (κ3) is 5.51. The van der Waals surface area contributed by atoms with Crippen molar-refractivity contribution in [2.75, 3.05) is 0 Å². The standard InChI is InChI=1S/C4H9NOSi/c1-7(2,3)4-5-6/h1-3H3. The Morgan fingerprint density at radius 3 is 1.86 bits per heavy atom. The van der Waals surface area contributed by atoms with Gasteiger partial charge in [-0.1, -0.05) is 19.6 Å². The molecule has 0 aliphatic heterocycles. The van der Waals surface area contributed by atoms with Crippen molar-refractivity contribution in [3.63, 3.8) is 0 Å². The van der Waals surface area contributed by atoms with E-state index in [-0.39, 0.29) is 0 Å². The Morgan fingerprint density at radius 1 is 1.43 bits per heavy atom. The molecule has 0 aliphatic rings. The average molecular weight is 115 g/mol. The number of hydrogen-bond donors (Lipinski definition) is 0. The van der Waals surface area contributed by atoms with Crippen molar-refractivity contribution in [1.29, 1.82) is 0 Å². The van der Waals surface area contributed by atoms with Crippen LogP contribution in [0.1, 0.15) is 0 Å². The molecule has 0 aromatic rings. The van der Waals surface area contributed by atoms with Gasteiger partial charge in [0.25, 0.3) is 0 Å². The SMILES string of the molecule is C[Si](C)(C)C#[N+][O-]. The van der Waals surface area contributed by atoms with Crippen LogP contribution in [0.2, 0.25) is 19.6 Å². The highest BCUT2D eigenvalue weighted by Gasteiger charge is 2.16. The molecule has 0 fully saturated rings. The molecule has 0 aromatic heterocycles. The minimum Gasteiger partial charge on any atom is -0.499 e. The summed E-state index contributed by atoms with van der Waals surface area (Å²) < 4.78 is 0. The second-order valence-corrected chi connectivity index (χ2v) is 7.18. The predicted molar refractivity (Wildman–Crippen MR) is 34.0 cm³/mol. The molecule has 0 aromatic carbocycles. The zero-order chi connectivity index (χ0) is 5.91. The maximum atomic E-state index is 9.49. The molecule has 0 radical (unpaired) electrons. The Bertz CT molecular complexity index is 105. The first-order valence-corrected chi connectivity index (χ1v) is 5.66. The minimum atomic E-state index is -1.39. The third-order valence-electron chi connectivity index (χ3n) is 0.381. The Morgan fingerprint density at radius 2 is 1.86 bits per heavy atom. The first-order valence-electron chi connectivity index (χ1n) is 2.16. The summed E-state index contributed by atoms with van der Waals surface area (Å²) in [5.41, 5.74) is 2.49. The van der Waals surface area contributed by atoms with Crippen LogP contribution in [-0.4, -0.2) is 8.07 Å². The molecule has 2 nitrogen and oxygen atoms in total. The van der Waals surface area contributed by atoms with Crippen LogP contribution in [0.4, 0.5) is 0 Å². The summed E-state index contributed by atoms with van der Waals surface area (Å²) in [4.78, 5) is 0. The van der Waals surface area contributed by atoms with Crippen molar-refractivity contribution < 1.29 is 0 Å². The van der Waals surface area contributed by atoms with E-state index in [1.165, 1.54) is 0 Å². The molecular formula is C4H9NOSi. The summed E-state index contributed by atoms with van der Waals surface area (Å²) in [7, 11) is -1.39. The van der Waals surface area contributed by atoms with Crippen molar-refractivity contribution in [2.24, 2.45) is 0 Å². The summed E-state index contributed by atoms with van der Waals surface area (Å²) in [5.74, 6) is 0. The van der Waals surface area contributed by atoms with Gasteiger partial charge in [-0.15, -0.1) is 0 Å². The third-order valence-corrected chi connectivity index (χ3v) is 1.14. The van der Waals surface area contributed by atoms with E-state index in [1.807, 2.05) is 19.6 Å². The normalized spacial score (nSPS) is 9.57. The summed E-state index contributed by atoms with van der Waals surface area (Å²) in [5, 5.41) is 12.1. The van der Waals surface area contributed by atoms with Crippen molar-refractivity contribution >= 4 is 8.07 Å². The van der Waals surface area contributed by atoms with Crippen molar-refractivity contribution in [3.05, 3.63) is 10.2 Å². The fraction of sp³-hybridized carbons (Fsp3) is 0.750. The van der Waals surface area contributed by atoms with Gasteiger partial charge in [0.1, 0.15) is 0 Å². The van der Waals surface area contributed by atoms with Crippen LogP contribution in [-0.2, 0) is 0 Å². The van der Waals surface area contributed by atoms with Crippen molar-refractivity contribution in [2.45, 2.75) is 19.6 Å². The molecule has 3 heteroatoms. The summed E-state index contributed by atoms with van der Waals surface area (Å²) in [6.45, 7) is 6.02. The Hall–Kier alpha value is -0.493. The van der Waals surface area contributed by atoms with E-state index in [0.717, 1.165) is 0 Å². The highest BCUT2D eigenvalue weighted by molar-refractivity contribution is 6.83. The van der Waals surface area contributed by atoms with Gasteiger partial charge < -0.3 is 5.21 Å². The van der Waals surface area contributed by atoms with E-state index >= 15 is 0 Å². The molecule has 0 atom stereocenters. The molecule has 0 amide bonds. The van der Waals surface area contributed by atoms with Gasteiger partial charge in [-0.3, -0.25) is 0 Å². The largest absolute Gasteiger partial charge is 0.499 e. The summed E-state index contributed by atoms with van der Waals surface area (Å²) >= 11 is 0. The molecule has 40 valence electrons. The first kappa shape index (κ1) is 6.51. The topological polar surface area (TPSA) is 27.4 Å². The van der Waals surface area contributed by atoms with E-state index in [0.29, 0.717) is 0 Å². The lowest BCUT2D eigenvalue weighted by atomic mass is 11.7. The van der Waals surface area contributed by atoms with Gasteiger partial charge >= 0.3 is 0 Å². The zero-order valence-electron chi connectivity index (χ0n) is 4.86. The lowest BCUT2D eigenvalue weighted by molar-refractivity contribution is 1.80. The molecule has 0 saturated carbocycles. The monoisotopic (exact) mass is 115 g/mol. The average Bonchev–Trinajstić information content (AvgIpc) is 1.30. The maximum absolute atomic E-state index is 9.49. The molecule has 0 aliphatic carbocycles. The van der Waals surface area contributed by atoms with Crippen molar-refractivity contribution in [3.8, 4) is 5.69 Å². The second-order valence-electron chi connectivity index (χ2n) is 2.45. The van der Waals surface area contributed by atoms with Crippen LogP contribution in [0.25, 0.3) is 5.01 Å². The van der Waals surface area contributed by atoms with Gasteiger partial charge in [-0.25, -0.2) is 0 Å². The molecule has 0 bridgehead atoms. The quantitative estimate of drug-likeness (QED) is 0.348. The second kappa shape index (κ2) is 1.98. The van der Waals surface area contributed by atoms with Gasteiger partial charge in [-0.2, -0.15) is 0 Å². The fourth-order valence-electron chi connectivity index (χ4n) is 0.137. The molecular weight excluding hydrogens is 106 g/mol. The van der Waals surface area contributed by atoms with Crippen molar-refractivity contribution in [1.82, 2.24) is 0 Å². The Labute approximate surface area is 44.6 Å². The van der Waals surface area contributed by atoms with Gasteiger partial charge in [0.15, 0.2) is 0 Å². The van der Waals surface area contributed by atoms with E-state index in [2.05, 4.69) is 10.7 Å². The highest BCUT2D eigenvalue weighted by Crippen LogP contribution is 1.95. The van der Waals surface area contributed by atoms with Crippen LogP contribution < -0.4 is 0 Å². The Kier molecular flexibility index (Phi) is 1.85. The molecule has 0 unspecified atom stereocenters. The zero-order valence-corrected chi connectivity index (χ0v) is 5.86. The Balaban J connectivity index is 3.72. The van der Waals surface area contributed by atoms with Gasteiger partial charge in [0.2, 0.25) is 13.8 Å². The van der Waals surface area contributed by atoms with Crippen LogP contribution in [0, 0.1) is 10.9 Å². The number of hydrogen-bond acceptors (Lipinski definition) is 1. The molecule has 0 saturated heterocycles. The lowest BCUT2D eigenvalue weighted by Crippen LogP contribution is -2.15. The molecule has 0 N–H and O–H groups in total. The molecule has 7 heavy (non-hydrogen) atoms. The first-order chi connectivity index (χ1) is 3.06. The van der Waals surface area contributed by atoms with Crippen LogP contribution in [0.5, 0.6) is 0 Å². The molecule has 0 heterocycles. The molecule has 0 spiro atoms. The van der Waals surface area contributed by atoms with E-state index in [1.54, 1.807) is 0 Å². The smallest absolute Gasteiger partial charge is 0.245 e. The number of nitrogens with zero attached hydrogens (tertiary/aromatic N) is 1. The predicted octanol–water partition coefficient (Wildman–Crippen LogP) is 1.69. The summed E-state index contributed by atoms with van der Waals surface area (Å²) in [6.07, 6.45) is 0. The van der Waals surface area contributed by atoms with Gasteiger partial charge in [-0.05, 0) is 5.01 Å². The van der Waals surface area contributed by atoms with E-state index in [4.69, 9.17) is 0 Å². The summed E-state index contributed by atoms with van der Waals surface area (Å²) in [6, 6.07) is 0. The van der Waals surface area contributed by atoms with Crippen LogP contribution in [0.15, 0.2) is 0 Å². The maximum Gasteiger partial charge on any atom is 0.245 e. The van der Waals surface area contributed by atoms with Gasteiger partial charge in [0.05, 0.1) is 0 Å². The molecule has 0 rings (SSSR count). The minimum absolute atomic E-state index is 1.39. The van der Waals surface area contributed by atoms with Crippen LogP contribution in [0.3, 0.4) is 0 Å². The number of rotatable bonds is 0. The lowest BCUT2D eigenvalue weighted by Gasteiger charge is -1.91. The van der Waals surface area contributed by atoms with Gasteiger partial charge in [0, 0.05) is 0 Å².